The number of anilines is 1. The first-order valence-corrected chi connectivity index (χ1v) is 14.1. The molecule has 192 valence electrons. The number of nitrogens with one attached hydrogen (secondary N) is 1. The van der Waals surface area contributed by atoms with E-state index in [0.29, 0.717) is 25.1 Å². The van der Waals surface area contributed by atoms with Crippen LogP contribution in [0.2, 0.25) is 0 Å². The molecule has 0 radical (unpaired) electrons. The summed E-state index contributed by atoms with van der Waals surface area (Å²) in [6.07, 6.45) is 3.94. The van der Waals surface area contributed by atoms with Crippen LogP contribution in [-0.2, 0) is 32.6 Å². The summed E-state index contributed by atoms with van der Waals surface area (Å²) in [5, 5.41) is 2.94. The molecule has 2 aromatic carbocycles. The Balaban J connectivity index is 2.44. The van der Waals surface area contributed by atoms with Gasteiger partial charge in [0, 0.05) is 13.1 Å². The van der Waals surface area contributed by atoms with Crippen LogP contribution in [0.3, 0.4) is 0 Å². The lowest BCUT2D eigenvalue weighted by molar-refractivity contribution is -0.140. The Labute approximate surface area is 210 Å². The third-order valence-corrected chi connectivity index (χ3v) is 7.10. The summed E-state index contributed by atoms with van der Waals surface area (Å²) in [6, 6.07) is 14.2. The zero-order valence-electron chi connectivity index (χ0n) is 21.6. The number of hydrogen-bond donors (Lipinski definition) is 1. The van der Waals surface area contributed by atoms with E-state index >= 15 is 0 Å². The van der Waals surface area contributed by atoms with Crippen LogP contribution in [0, 0.1) is 6.92 Å². The van der Waals surface area contributed by atoms with Gasteiger partial charge in [0.15, 0.2) is 0 Å². The van der Waals surface area contributed by atoms with Crippen LogP contribution in [0.4, 0.5) is 5.69 Å². The second-order valence-electron chi connectivity index (χ2n) is 8.83. The highest BCUT2D eigenvalue weighted by atomic mass is 32.2. The standard InChI is InChI=1S/C27H39N3O4S/c1-6-9-17-28-27(32)24(8-3)29(19-22-14-12-13-21(4)18-22)26(31)20-30(35(5,33)34)25-16-11-10-15-23(25)7-2/h10-16,18,24H,6-9,17,19-20H2,1-5H3,(H,28,32). The first kappa shape index (κ1) is 28.4. The minimum absolute atomic E-state index is 0.216. The number of carbonyl (C=O) groups excluding carboxylic acids is 2. The fourth-order valence-corrected chi connectivity index (χ4v) is 4.96. The number of amides is 2. The fraction of sp³-hybridized carbons (Fsp3) is 0.481. The summed E-state index contributed by atoms with van der Waals surface area (Å²) in [6.45, 7) is 8.20. The van der Waals surface area contributed by atoms with Gasteiger partial charge in [-0.2, -0.15) is 0 Å². The molecule has 0 heterocycles. The van der Waals surface area contributed by atoms with Gasteiger partial charge in [-0.15, -0.1) is 0 Å². The average Bonchev–Trinajstić information content (AvgIpc) is 2.81. The van der Waals surface area contributed by atoms with Gasteiger partial charge < -0.3 is 10.2 Å². The van der Waals surface area contributed by atoms with Crippen LogP contribution in [0.5, 0.6) is 0 Å². The number of nitrogens with zero attached hydrogens (tertiary/aromatic N) is 2. The number of sulfonamides is 1. The number of hydrogen-bond acceptors (Lipinski definition) is 4. The Morgan fingerprint density at radius 1 is 1.03 bits per heavy atom. The predicted molar refractivity (Wildman–Crippen MR) is 142 cm³/mol. The topological polar surface area (TPSA) is 86.8 Å². The minimum Gasteiger partial charge on any atom is -0.354 e. The molecular formula is C27H39N3O4S. The Morgan fingerprint density at radius 2 is 1.74 bits per heavy atom. The van der Waals surface area contributed by atoms with Crippen molar-refractivity contribution in [1.82, 2.24) is 10.2 Å². The van der Waals surface area contributed by atoms with Crippen molar-refractivity contribution >= 4 is 27.5 Å². The van der Waals surface area contributed by atoms with Crippen LogP contribution >= 0.6 is 0 Å². The van der Waals surface area contributed by atoms with Crippen molar-refractivity contribution in [2.75, 3.05) is 23.7 Å². The molecule has 0 aliphatic carbocycles. The molecule has 0 aromatic heterocycles. The molecule has 8 heteroatoms. The summed E-state index contributed by atoms with van der Waals surface area (Å²) in [7, 11) is -3.74. The number of benzene rings is 2. The highest BCUT2D eigenvalue weighted by molar-refractivity contribution is 7.92. The van der Waals surface area contributed by atoms with Gasteiger partial charge in [0.1, 0.15) is 12.6 Å². The largest absolute Gasteiger partial charge is 0.354 e. The maximum Gasteiger partial charge on any atom is 0.244 e. The third-order valence-electron chi connectivity index (χ3n) is 5.97. The lowest BCUT2D eigenvalue weighted by Gasteiger charge is -2.33. The van der Waals surface area contributed by atoms with E-state index in [4.69, 9.17) is 0 Å². The van der Waals surface area contributed by atoms with Gasteiger partial charge >= 0.3 is 0 Å². The highest BCUT2D eigenvalue weighted by Crippen LogP contribution is 2.24. The first-order valence-electron chi connectivity index (χ1n) is 12.3. The molecule has 0 saturated carbocycles. The third kappa shape index (κ3) is 8.09. The van der Waals surface area contributed by atoms with Crippen molar-refractivity contribution in [2.24, 2.45) is 0 Å². The SMILES string of the molecule is CCCCNC(=O)C(CC)N(Cc1cccc(C)c1)C(=O)CN(c1ccccc1CC)S(C)(=O)=O. The van der Waals surface area contributed by atoms with Crippen molar-refractivity contribution < 1.29 is 18.0 Å². The molecule has 2 aromatic rings. The quantitative estimate of drug-likeness (QED) is 0.420. The number of unbranched alkanes of at least 4 members (excludes halogenated alkanes) is 1. The number of para-hydroxylation sites is 1. The summed E-state index contributed by atoms with van der Waals surface area (Å²) in [4.78, 5) is 28.3. The number of carbonyl (C=O) groups is 2. The lowest BCUT2D eigenvalue weighted by Crippen LogP contribution is -2.52. The van der Waals surface area contributed by atoms with Gasteiger partial charge in [-0.3, -0.25) is 13.9 Å². The molecule has 0 bridgehead atoms. The summed E-state index contributed by atoms with van der Waals surface area (Å²) < 4.78 is 26.7. The van der Waals surface area contributed by atoms with Crippen LogP contribution in [0.25, 0.3) is 0 Å². The molecule has 1 unspecified atom stereocenters. The normalized spacial score (nSPS) is 12.1. The van der Waals surface area contributed by atoms with Crippen LogP contribution in [-0.4, -0.2) is 50.5 Å². The number of aryl methyl sites for hydroxylation is 2. The zero-order valence-corrected chi connectivity index (χ0v) is 22.4. The molecule has 2 amide bonds. The van der Waals surface area contributed by atoms with Crippen molar-refractivity contribution in [1.29, 1.82) is 0 Å². The van der Waals surface area contributed by atoms with E-state index in [1.165, 1.54) is 4.90 Å². The number of rotatable bonds is 13. The van der Waals surface area contributed by atoms with E-state index in [2.05, 4.69) is 5.32 Å². The van der Waals surface area contributed by atoms with Crippen molar-refractivity contribution in [3.05, 3.63) is 65.2 Å². The Bertz CT molecular complexity index is 1100. The molecule has 7 nitrogen and oxygen atoms in total. The molecule has 0 aliphatic rings. The van der Waals surface area contributed by atoms with E-state index in [-0.39, 0.29) is 19.0 Å². The van der Waals surface area contributed by atoms with Gasteiger partial charge in [0.25, 0.3) is 0 Å². The van der Waals surface area contributed by atoms with E-state index < -0.39 is 22.0 Å². The Morgan fingerprint density at radius 3 is 2.34 bits per heavy atom. The maximum absolute atomic E-state index is 13.7. The molecule has 35 heavy (non-hydrogen) atoms. The van der Waals surface area contributed by atoms with Gasteiger partial charge in [-0.05, 0) is 43.4 Å². The van der Waals surface area contributed by atoms with E-state index in [1.54, 1.807) is 12.1 Å². The van der Waals surface area contributed by atoms with E-state index in [0.717, 1.165) is 40.1 Å². The second-order valence-corrected chi connectivity index (χ2v) is 10.7. The monoisotopic (exact) mass is 501 g/mol. The molecule has 1 atom stereocenters. The van der Waals surface area contributed by atoms with Gasteiger partial charge in [-0.1, -0.05) is 75.2 Å². The van der Waals surface area contributed by atoms with Crippen LogP contribution in [0.1, 0.15) is 56.7 Å². The van der Waals surface area contributed by atoms with Crippen LogP contribution in [0.15, 0.2) is 48.5 Å². The molecule has 0 spiro atoms. The van der Waals surface area contributed by atoms with Gasteiger partial charge in [0.05, 0.1) is 11.9 Å². The molecule has 2 rings (SSSR count). The Kier molecular flexibility index (Phi) is 10.8. The minimum atomic E-state index is -3.74. The molecule has 0 fully saturated rings. The average molecular weight is 502 g/mol. The van der Waals surface area contributed by atoms with Crippen LogP contribution < -0.4 is 9.62 Å². The maximum atomic E-state index is 13.7. The smallest absolute Gasteiger partial charge is 0.244 e. The second kappa shape index (κ2) is 13.3. The lowest BCUT2D eigenvalue weighted by atomic mass is 10.1. The summed E-state index contributed by atoms with van der Waals surface area (Å²) in [5.41, 5.74) is 3.25. The molecule has 0 aliphatic heterocycles. The fourth-order valence-electron chi connectivity index (χ4n) is 4.08. The Hall–Kier alpha value is -2.87. The van der Waals surface area contributed by atoms with Crippen molar-refractivity contribution in [2.45, 2.75) is 66.0 Å². The zero-order chi connectivity index (χ0) is 26.0. The molecule has 1 N–H and O–H groups in total. The van der Waals surface area contributed by atoms with Crippen molar-refractivity contribution in [3.8, 4) is 0 Å². The summed E-state index contributed by atoms with van der Waals surface area (Å²) >= 11 is 0. The molecule has 0 saturated heterocycles. The van der Waals surface area contributed by atoms with Crippen molar-refractivity contribution in [3.63, 3.8) is 0 Å². The van der Waals surface area contributed by atoms with Gasteiger partial charge in [-0.25, -0.2) is 8.42 Å². The van der Waals surface area contributed by atoms with E-state index in [9.17, 15) is 18.0 Å². The first-order chi connectivity index (χ1) is 16.6. The molecular weight excluding hydrogens is 462 g/mol. The van der Waals surface area contributed by atoms with Gasteiger partial charge in [0.2, 0.25) is 21.8 Å². The summed E-state index contributed by atoms with van der Waals surface area (Å²) in [5.74, 6) is -0.637. The predicted octanol–water partition coefficient (Wildman–Crippen LogP) is 4.05. The highest BCUT2D eigenvalue weighted by Gasteiger charge is 2.32. The van der Waals surface area contributed by atoms with E-state index in [1.807, 2.05) is 64.1 Å².